The third-order valence-corrected chi connectivity index (χ3v) is 4.28. The molecule has 1 amide bonds. The van der Waals surface area contributed by atoms with Crippen molar-refractivity contribution < 1.29 is 4.79 Å². The number of hydrogen-bond acceptors (Lipinski definition) is 4. The number of hydrogen-bond donors (Lipinski definition) is 1. The summed E-state index contributed by atoms with van der Waals surface area (Å²) in [6, 6.07) is 8.77. The van der Waals surface area contributed by atoms with Gasteiger partial charge in [0.15, 0.2) is 0 Å². The van der Waals surface area contributed by atoms with Crippen LogP contribution in [-0.2, 0) is 19.5 Å². The molecular weight excluding hydrogens is 304 g/mol. The fraction of sp³-hybridized carbons (Fsp3) is 0.222. The summed E-state index contributed by atoms with van der Waals surface area (Å²) in [5.74, 6) is 0.623. The lowest BCUT2D eigenvalue weighted by molar-refractivity contribution is 0.0951. The first-order chi connectivity index (χ1) is 11.7. The van der Waals surface area contributed by atoms with Gasteiger partial charge in [0, 0.05) is 37.5 Å². The first kappa shape index (κ1) is 14.6. The highest BCUT2D eigenvalue weighted by Gasteiger charge is 2.17. The second-order valence-electron chi connectivity index (χ2n) is 5.86. The van der Waals surface area contributed by atoms with E-state index < -0.39 is 0 Å². The summed E-state index contributed by atoms with van der Waals surface area (Å²) < 4.78 is 1.73. The number of amides is 1. The van der Waals surface area contributed by atoms with Crippen LogP contribution in [0, 0.1) is 0 Å². The van der Waals surface area contributed by atoms with Crippen molar-refractivity contribution in [3.8, 4) is 0 Å². The molecule has 0 aliphatic carbocycles. The molecule has 2 aromatic heterocycles. The maximum Gasteiger partial charge on any atom is 0.261 e. The molecule has 0 bridgehead atoms. The summed E-state index contributed by atoms with van der Waals surface area (Å²) in [5.41, 5.74) is 2.06. The van der Waals surface area contributed by atoms with E-state index in [-0.39, 0.29) is 11.5 Å². The Morgan fingerprint density at radius 3 is 2.88 bits per heavy atom. The molecule has 3 aromatic rings. The maximum absolute atomic E-state index is 12.4. The Morgan fingerprint density at radius 1 is 1.21 bits per heavy atom. The largest absolute Gasteiger partial charge is 0.348 e. The summed E-state index contributed by atoms with van der Waals surface area (Å²) in [6.07, 6.45) is 5.13. The zero-order chi connectivity index (χ0) is 16.5. The van der Waals surface area contributed by atoms with Crippen LogP contribution in [0.2, 0.25) is 0 Å². The second-order valence-corrected chi connectivity index (χ2v) is 5.86. The molecule has 6 heteroatoms. The van der Waals surface area contributed by atoms with E-state index in [0.717, 1.165) is 30.8 Å². The van der Waals surface area contributed by atoms with Crippen LogP contribution in [0.5, 0.6) is 0 Å². The van der Waals surface area contributed by atoms with E-state index in [0.29, 0.717) is 23.0 Å². The van der Waals surface area contributed by atoms with Gasteiger partial charge in [-0.1, -0.05) is 0 Å². The van der Waals surface area contributed by atoms with Crippen LogP contribution in [0.1, 0.15) is 28.2 Å². The molecule has 1 aliphatic rings. The lowest BCUT2D eigenvalue weighted by Crippen LogP contribution is -2.24. The third kappa shape index (κ3) is 2.56. The van der Waals surface area contributed by atoms with Gasteiger partial charge in [0.25, 0.3) is 11.5 Å². The van der Waals surface area contributed by atoms with Crippen molar-refractivity contribution in [1.29, 1.82) is 0 Å². The van der Waals surface area contributed by atoms with Crippen molar-refractivity contribution in [2.24, 2.45) is 0 Å². The fourth-order valence-corrected chi connectivity index (χ4v) is 3.01. The van der Waals surface area contributed by atoms with Gasteiger partial charge in [-0.2, -0.15) is 0 Å². The fourth-order valence-electron chi connectivity index (χ4n) is 3.01. The molecule has 6 nitrogen and oxygen atoms in total. The lowest BCUT2D eigenvalue weighted by Gasteiger charge is -2.08. The highest BCUT2D eigenvalue weighted by atomic mass is 16.1. The third-order valence-electron chi connectivity index (χ3n) is 4.28. The quantitative estimate of drug-likeness (QED) is 0.796. The maximum atomic E-state index is 12.4. The van der Waals surface area contributed by atoms with Crippen LogP contribution >= 0.6 is 0 Å². The number of aryl methyl sites for hydroxylation is 1. The van der Waals surface area contributed by atoms with Crippen molar-refractivity contribution in [3.63, 3.8) is 0 Å². The van der Waals surface area contributed by atoms with E-state index in [1.165, 1.54) is 0 Å². The summed E-state index contributed by atoms with van der Waals surface area (Å²) in [5, 5.41) is 3.43. The lowest BCUT2D eigenvalue weighted by atomic mass is 10.1. The predicted molar refractivity (Wildman–Crippen MR) is 89.7 cm³/mol. The summed E-state index contributed by atoms with van der Waals surface area (Å²) in [4.78, 5) is 33.3. The van der Waals surface area contributed by atoms with Crippen molar-refractivity contribution in [2.45, 2.75) is 25.9 Å². The van der Waals surface area contributed by atoms with Gasteiger partial charge in [0.1, 0.15) is 5.82 Å². The number of rotatable bonds is 3. The molecular formula is C18H16N4O2. The Kier molecular flexibility index (Phi) is 3.57. The van der Waals surface area contributed by atoms with E-state index in [1.54, 1.807) is 35.2 Å². The highest BCUT2D eigenvalue weighted by Crippen LogP contribution is 2.16. The molecule has 1 aliphatic heterocycles. The Morgan fingerprint density at radius 2 is 2.04 bits per heavy atom. The molecule has 0 unspecified atom stereocenters. The molecule has 1 aromatic carbocycles. The number of fused-ring (bicyclic) bond motifs is 2. The van der Waals surface area contributed by atoms with Crippen LogP contribution in [0.15, 0.2) is 47.5 Å². The Hall–Kier alpha value is -3.02. The van der Waals surface area contributed by atoms with Crippen LogP contribution in [0.3, 0.4) is 0 Å². The van der Waals surface area contributed by atoms with Crippen LogP contribution in [-0.4, -0.2) is 20.4 Å². The molecule has 0 saturated carbocycles. The number of pyridine rings is 1. The normalized spacial score (nSPS) is 13.0. The van der Waals surface area contributed by atoms with Gasteiger partial charge in [-0.25, -0.2) is 4.98 Å². The molecule has 0 saturated heterocycles. The molecule has 0 fully saturated rings. The molecule has 0 atom stereocenters. The number of nitrogens with zero attached hydrogens (tertiary/aromatic N) is 3. The van der Waals surface area contributed by atoms with Crippen molar-refractivity contribution >= 4 is 16.8 Å². The predicted octanol–water partition coefficient (Wildman–Crippen LogP) is 1.67. The summed E-state index contributed by atoms with van der Waals surface area (Å²) in [7, 11) is 0. The standard InChI is InChI=1S/C18H16N4O2/c23-17(20-11-12-5-7-19-8-6-12)13-3-4-14-15(10-13)21-16-2-1-9-22(16)18(14)24/h3-8,10H,1-2,9,11H2,(H,20,23). The van der Waals surface area contributed by atoms with Gasteiger partial charge in [-0.3, -0.25) is 19.1 Å². The van der Waals surface area contributed by atoms with Crippen molar-refractivity contribution in [2.75, 3.05) is 0 Å². The van der Waals surface area contributed by atoms with Crippen LogP contribution in [0.4, 0.5) is 0 Å². The summed E-state index contributed by atoms with van der Waals surface area (Å²) in [6.45, 7) is 1.16. The zero-order valence-corrected chi connectivity index (χ0v) is 13.0. The number of benzene rings is 1. The minimum absolute atomic E-state index is 0.0174. The SMILES string of the molecule is O=C(NCc1ccncc1)c1ccc2c(=O)n3c(nc2c1)CCC3. The van der Waals surface area contributed by atoms with E-state index in [4.69, 9.17) is 0 Å². The average Bonchev–Trinajstić information content (AvgIpc) is 3.09. The number of aromatic nitrogens is 3. The first-order valence-electron chi connectivity index (χ1n) is 7.93. The van der Waals surface area contributed by atoms with Gasteiger partial charge in [-0.15, -0.1) is 0 Å². The number of carbonyl (C=O) groups is 1. The minimum atomic E-state index is -0.184. The van der Waals surface area contributed by atoms with Gasteiger partial charge in [-0.05, 0) is 42.3 Å². The Labute approximate surface area is 138 Å². The van der Waals surface area contributed by atoms with Gasteiger partial charge < -0.3 is 5.32 Å². The second kappa shape index (κ2) is 5.88. The zero-order valence-electron chi connectivity index (χ0n) is 13.0. The van der Waals surface area contributed by atoms with Gasteiger partial charge in [0.05, 0.1) is 10.9 Å². The van der Waals surface area contributed by atoms with Gasteiger partial charge in [0.2, 0.25) is 0 Å². The van der Waals surface area contributed by atoms with Gasteiger partial charge >= 0.3 is 0 Å². The topological polar surface area (TPSA) is 76.9 Å². The average molecular weight is 320 g/mol. The summed E-state index contributed by atoms with van der Waals surface area (Å²) >= 11 is 0. The first-order valence-corrected chi connectivity index (χ1v) is 7.93. The molecule has 4 rings (SSSR count). The smallest absolute Gasteiger partial charge is 0.261 e. The molecule has 0 radical (unpaired) electrons. The van der Waals surface area contributed by atoms with Crippen molar-refractivity contribution in [3.05, 3.63) is 70.0 Å². The van der Waals surface area contributed by atoms with E-state index in [1.807, 2.05) is 12.1 Å². The Balaban J connectivity index is 1.62. The molecule has 1 N–H and O–H groups in total. The highest BCUT2D eigenvalue weighted by molar-refractivity contribution is 5.97. The molecule has 3 heterocycles. The molecule has 120 valence electrons. The van der Waals surface area contributed by atoms with Crippen molar-refractivity contribution in [1.82, 2.24) is 19.9 Å². The number of nitrogens with one attached hydrogen (secondary N) is 1. The van der Waals surface area contributed by atoms with Crippen LogP contribution in [0.25, 0.3) is 10.9 Å². The van der Waals surface area contributed by atoms with E-state index in [9.17, 15) is 9.59 Å². The monoisotopic (exact) mass is 320 g/mol. The minimum Gasteiger partial charge on any atom is -0.348 e. The van der Waals surface area contributed by atoms with E-state index in [2.05, 4.69) is 15.3 Å². The molecule has 24 heavy (non-hydrogen) atoms. The number of carbonyl (C=O) groups excluding carboxylic acids is 1. The Bertz CT molecular complexity index is 979. The van der Waals surface area contributed by atoms with E-state index >= 15 is 0 Å². The molecule has 0 spiro atoms. The van der Waals surface area contributed by atoms with Crippen LogP contribution < -0.4 is 10.9 Å².